The van der Waals surface area contributed by atoms with Crippen molar-refractivity contribution in [1.82, 2.24) is 0 Å². The molecule has 0 amide bonds. The molecule has 90 valence electrons. The number of halogens is 2. The zero-order valence-electron chi connectivity index (χ0n) is 8.91. The van der Waals surface area contributed by atoms with Crippen molar-refractivity contribution in [1.29, 1.82) is 0 Å². The Morgan fingerprint density at radius 1 is 1.24 bits per heavy atom. The summed E-state index contributed by atoms with van der Waals surface area (Å²) in [5.74, 6) is -3.11. The molecule has 0 bridgehead atoms. The van der Waals surface area contributed by atoms with E-state index in [9.17, 15) is 13.6 Å². The molecule has 0 spiro atoms. The van der Waals surface area contributed by atoms with Crippen LogP contribution in [0.2, 0.25) is 0 Å². The summed E-state index contributed by atoms with van der Waals surface area (Å²) >= 11 is 0. The lowest BCUT2D eigenvalue weighted by molar-refractivity contribution is 0.0696. The average molecular weight is 239 g/mol. The number of benzene rings is 1. The van der Waals surface area contributed by atoms with Crippen LogP contribution in [-0.4, -0.2) is 17.1 Å². The molecule has 1 aliphatic rings. The number of anilines is 1. The lowest BCUT2D eigenvalue weighted by Crippen LogP contribution is -2.17. The topological polar surface area (TPSA) is 49.3 Å². The highest BCUT2D eigenvalue weighted by Crippen LogP contribution is 2.24. The van der Waals surface area contributed by atoms with E-state index < -0.39 is 23.2 Å². The van der Waals surface area contributed by atoms with Crippen molar-refractivity contribution in [3.63, 3.8) is 0 Å². The first-order valence-corrected chi connectivity index (χ1v) is 5.22. The fraction of sp³-hybridized carbons (Fsp3) is 0.250. The van der Waals surface area contributed by atoms with E-state index in [1.54, 1.807) is 0 Å². The SMILES string of the molecule is O=C(O)c1cc(F)c(NC2CC=CC2)c(F)c1. The molecule has 0 unspecified atom stereocenters. The van der Waals surface area contributed by atoms with Crippen LogP contribution in [0.1, 0.15) is 23.2 Å². The van der Waals surface area contributed by atoms with Gasteiger partial charge in [0.1, 0.15) is 17.3 Å². The van der Waals surface area contributed by atoms with Gasteiger partial charge in [-0.2, -0.15) is 0 Å². The normalized spacial score (nSPS) is 15.2. The van der Waals surface area contributed by atoms with Crippen LogP contribution < -0.4 is 5.32 Å². The second kappa shape index (κ2) is 4.53. The summed E-state index contributed by atoms with van der Waals surface area (Å²) in [6, 6.07) is 1.60. The summed E-state index contributed by atoms with van der Waals surface area (Å²) in [4.78, 5) is 10.6. The predicted molar refractivity (Wildman–Crippen MR) is 59.1 cm³/mol. The van der Waals surface area contributed by atoms with E-state index in [4.69, 9.17) is 5.11 Å². The Morgan fingerprint density at radius 3 is 2.24 bits per heavy atom. The molecule has 3 nitrogen and oxygen atoms in total. The fourth-order valence-electron chi connectivity index (χ4n) is 1.77. The average Bonchev–Trinajstić information content (AvgIpc) is 2.75. The second-order valence-corrected chi connectivity index (χ2v) is 3.90. The molecule has 1 aromatic rings. The van der Waals surface area contributed by atoms with Gasteiger partial charge in [-0.1, -0.05) is 12.2 Å². The van der Waals surface area contributed by atoms with Crippen molar-refractivity contribution in [2.24, 2.45) is 0 Å². The highest BCUT2D eigenvalue weighted by Gasteiger charge is 2.18. The third kappa shape index (κ3) is 2.43. The van der Waals surface area contributed by atoms with E-state index in [1.807, 2.05) is 12.2 Å². The fourth-order valence-corrected chi connectivity index (χ4v) is 1.77. The van der Waals surface area contributed by atoms with E-state index in [0.717, 1.165) is 12.1 Å². The van der Waals surface area contributed by atoms with Gasteiger partial charge in [0.2, 0.25) is 0 Å². The third-order valence-electron chi connectivity index (χ3n) is 2.65. The molecule has 1 aliphatic carbocycles. The van der Waals surface area contributed by atoms with Gasteiger partial charge >= 0.3 is 5.97 Å². The van der Waals surface area contributed by atoms with Crippen molar-refractivity contribution in [2.45, 2.75) is 18.9 Å². The number of hydrogen-bond donors (Lipinski definition) is 2. The maximum Gasteiger partial charge on any atom is 0.335 e. The summed E-state index contributed by atoms with van der Waals surface area (Å²) in [6.45, 7) is 0. The molecule has 1 aromatic carbocycles. The molecule has 0 radical (unpaired) electrons. The van der Waals surface area contributed by atoms with Gasteiger partial charge in [-0.05, 0) is 25.0 Å². The van der Waals surface area contributed by atoms with Crippen LogP contribution in [0.3, 0.4) is 0 Å². The number of carboxylic acids is 1. The van der Waals surface area contributed by atoms with Gasteiger partial charge < -0.3 is 10.4 Å². The lowest BCUT2D eigenvalue weighted by Gasteiger charge is -2.15. The Labute approximate surface area is 96.8 Å². The third-order valence-corrected chi connectivity index (χ3v) is 2.65. The summed E-state index contributed by atoms with van der Waals surface area (Å²) in [7, 11) is 0. The summed E-state index contributed by atoms with van der Waals surface area (Å²) in [5, 5.41) is 11.4. The summed E-state index contributed by atoms with van der Waals surface area (Å²) < 4.78 is 27.1. The van der Waals surface area contributed by atoms with Crippen LogP contribution in [0, 0.1) is 11.6 Å². The number of nitrogens with one attached hydrogen (secondary N) is 1. The molecule has 2 N–H and O–H groups in total. The van der Waals surface area contributed by atoms with E-state index in [2.05, 4.69) is 5.32 Å². The molecule has 0 saturated heterocycles. The number of hydrogen-bond acceptors (Lipinski definition) is 2. The Morgan fingerprint density at radius 2 is 1.76 bits per heavy atom. The summed E-state index contributed by atoms with van der Waals surface area (Å²) in [6.07, 6.45) is 5.28. The molecule has 0 aliphatic heterocycles. The molecule has 0 fully saturated rings. The maximum absolute atomic E-state index is 13.5. The zero-order chi connectivity index (χ0) is 12.4. The first-order chi connectivity index (χ1) is 8.08. The number of aromatic carboxylic acids is 1. The van der Waals surface area contributed by atoms with Crippen LogP contribution >= 0.6 is 0 Å². The highest BCUT2D eigenvalue weighted by atomic mass is 19.1. The van der Waals surface area contributed by atoms with Gasteiger partial charge in [0.15, 0.2) is 0 Å². The molecular formula is C12H11F2NO2. The van der Waals surface area contributed by atoms with Gasteiger partial charge in [-0.3, -0.25) is 0 Å². The first-order valence-electron chi connectivity index (χ1n) is 5.22. The number of carbonyl (C=O) groups is 1. The van der Waals surface area contributed by atoms with Crippen molar-refractivity contribution in [3.05, 3.63) is 41.5 Å². The van der Waals surface area contributed by atoms with Crippen molar-refractivity contribution >= 4 is 11.7 Å². The molecule has 0 atom stereocenters. The largest absolute Gasteiger partial charge is 0.478 e. The Hall–Kier alpha value is -1.91. The van der Waals surface area contributed by atoms with Gasteiger partial charge in [-0.25, -0.2) is 13.6 Å². The van der Waals surface area contributed by atoms with Crippen LogP contribution in [-0.2, 0) is 0 Å². The minimum absolute atomic E-state index is 0.0327. The lowest BCUT2D eigenvalue weighted by atomic mass is 10.1. The van der Waals surface area contributed by atoms with Crippen LogP contribution in [0.4, 0.5) is 14.5 Å². The predicted octanol–water partition coefficient (Wildman–Crippen LogP) is 2.79. The monoisotopic (exact) mass is 239 g/mol. The molecule has 0 saturated carbocycles. The van der Waals surface area contributed by atoms with Crippen molar-refractivity contribution in [2.75, 3.05) is 5.32 Å². The van der Waals surface area contributed by atoms with E-state index in [1.165, 1.54) is 0 Å². The van der Waals surface area contributed by atoms with Gasteiger partial charge in [0.05, 0.1) is 5.56 Å². The Bertz CT molecular complexity index is 454. The molecule has 17 heavy (non-hydrogen) atoms. The Kier molecular flexibility index (Phi) is 3.08. The minimum Gasteiger partial charge on any atom is -0.478 e. The van der Waals surface area contributed by atoms with Crippen molar-refractivity contribution in [3.8, 4) is 0 Å². The molecule has 0 aromatic heterocycles. The molecule has 5 heteroatoms. The maximum atomic E-state index is 13.5. The van der Waals surface area contributed by atoms with Crippen LogP contribution in [0.25, 0.3) is 0 Å². The smallest absolute Gasteiger partial charge is 0.335 e. The standard InChI is InChI=1S/C12H11F2NO2/c13-9-5-7(12(16)17)6-10(14)11(9)15-8-3-1-2-4-8/h1-2,5-6,8,15H,3-4H2,(H,16,17). The first kappa shape index (κ1) is 11.6. The minimum atomic E-state index is -1.35. The summed E-state index contributed by atoms with van der Waals surface area (Å²) in [5.41, 5.74) is -0.654. The molecular weight excluding hydrogens is 228 g/mol. The van der Waals surface area contributed by atoms with Crippen LogP contribution in [0.15, 0.2) is 24.3 Å². The van der Waals surface area contributed by atoms with Crippen LogP contribution in [0.5, 0.6) is 0 Å². The van der Waals surface area contributed by atoms with Gasteiger partial charge in [0.25, 0.3) is 0 Å². The Balaban J connectivity index is 2.25. The van der Waals surface area contributed by atoms with Gasteiger partial charge in [0, 0.05) is 6.04 Å². The molecule has 2 rings (SSSR count). The number of carboxylic acid groups (broad SMARTS) is 1. The quantitative estimate of drug-likeness (QED) is 0.797. The van der Waals surface area contributed by atoms with E-state index in [-0.39, 0.29) is 11.7 Å². The van der Waals surface area contributed by atoms with E-state index in [0.29, 0.717) is 12.8 Å². The number of rotatable bonds is 3. The molecule has 0 heterocycles. The van der Waals surface area contributed by atoms with Gasteiger partial charge in [-0.15, -0.1) is 0 Å². The zero-order valence-corrected chi connectivity index (χ0v) is 8.91. The highest BCUT2D eigenvalue weighted by molar-refractivity contribution is 5.88. The second-order valence-electron chi connectivity index (χ2n) is 3.90. The van der Waals surface area contributed by atoms with Crippen molar-refractivity contribution < 1.29 is 18.7 Å². The van der Waals surface area contributed by atoms with E-state index >= 15 is 0 Å².